The Morgan fingerprint density at radius 2 is 2.07 bits per heavy atom. The largest absolute Gasteiger partial charge is 0.492 e. The Bertz CT molecular complexity index is 220. The summed E-state index contributed by atoms with van der Waals surface area (Å²) >= 11 is 0. The van der Waals surface area contributed by atoms with Gasteiger partial charge in [-0.15, -0.1) is 0 Å². The number of halogens is 3. The van der Waals surface area contributed by atoms with Gasteiger partial charge in [0.15, 0.2) is 0 Å². The molecule has 0 aliphatic carbocycles. The number of hydrogen-bond acceptors (Lipinski definition) is 3. The van der Waals surface area contributed by atoms with E-state index in [1.54, 1.807) is 13.8 Å². The van der Waals surface area contributed by atoms with Crippen LogP contribution in [0, 0.1) is 0 Å². The molecule has 1 unspecified atom stereocenters. The van der Waals surface area contributed by atoms with Gasteiger partial charge in [-0.25, -0.2) is 0 Å². The number of nitrogens with zero attached hydrogens (tertiary/aromatic N) is 1. The van der Waals surface area contributed by atoms with Crippen molar-refractivity contribution in [2.24, 2.45) is 0 Å². The molecule has 15 heavy (non-hydrogen) atoms. The van der Waals surface area contributed by atoms with Crippen molar-refractivity contribution in [1.29, 1.82) is 0 Å². The molecule has 0 saturated carbocycles. The lowest BCUT2D eigenvalue weighted by atomic mass is 9.89. The number of ether oxygens (including phenoxy) is 1. The summed E-state index contributed by atoms with van der Waals surface area (Å²) in [4.78, 5) is 1.30. The van der Waals surface area contributed by atoms with Crippen LogP contribution < -0.4 is 0 Å². The van der Waals surface area contributed by atoms with Gasteiger partial charge in [0.25, 0.3) is 0 Å². The lowest BCUT2D eigenvalue weighted by molar-refractivity contribution is -0.146. The van der Waals surface area contributed by atoms with E-state index in [1.807, 2.05) is 0 Å². The molecule has 0 radical (unpaired) electrons. The average Bonchev–Trinajstić information content (AvgIpc) is 1.97. The van der Waals surface area contributed by atoms with Crippen LogP contribution in [0.3, 0.4) is 0 Å². The van der Waals surface area contributed by atoms with Crippen molar-refractivity contribution in [3.8, 4) is 0 Å². The first kappa shape index (κ1) is 12.8. The third-order valence-corrected chi connectivity index (χ3v) is 2.22. The van der Waals surface area contributed by atoms with Crippen LogP contribution in [0.2, 0.25) is 0 Å². The van der Waals surface area contributed by atoms with Crippen LogP contribution in [0.15, 0.2) is 0 Å². The van der Waals surface area contributed by atoms with Crippen molar-refractivity contribution in [2.75, 3.05) is 26.1 Å². The van der Waals surface area contributed by atoms with Gasteiger partial charge < -0.3 is 27.7 Å². The first-order valence-corrected chi connectivity index (χ1v) is 4.94. The molecule has 1 saturated heterocycles. The van der Waals surface area contributed by atoms with Crippen molar-refractivity contribution < 1.29 is 22.8 Å². The van der Waals surface area contributed by atoms with Gasteiger partial charge in [0, 0.05) is 13.1 Å². The van der Waals surface area contributed by atoms with Crippen LogP contribution in [-0.4, -0.2) is 54.8 Å². The second kappa shape index (κ2) is 4.31. The van der Waals surface area contributed by atoms with Gasteiger partial charge in [0.2, 0.25) is 0 Å². The molecule has 3 nitrogen and oxygen atoms in total. The molecule has 1 atom stereocenters. The van der Waals surface area contributed by atoms with Crippen molar-refractivity contribution in [3.05, 3.63) is 0 Å². The summed E-state index contributed by atoms with van der Waals surface area (Å²) in [6.45, 7) is -1.22. The van der Waals surface area contributed by atoms with Crippen LogP contribution in [0.1, 0.15) is 13.8 Å². The minimum absolute atomic E-state index is 0.140. The zero-order chi connectivity index (χ0) is 11.7. The van der Waals surface area contributed by atoms with Gasteiger partial charge in [-0.3, -0.25) is 0 Å². The Balaban J connectivity index is 2.58. The van der Waals surface area contributed by atoms with Gasteiger partial charge in [-0.2, -0.15) is 0 Å². The fourth-order valence-electron chi connectivity index (χ4n) is 1.94. The molecule has 0 spiro atoms. The zero-order valence-corrected chi connectivity index (χ0v) is 8.92. The molecule has 7 heteroatoms. The standard InChI is InChI=1S/C8H16BF3NO2/c1-8(2)5-13(6-9(10,11)12)3-7(4-14)15-8/h7,14H,3-6H2,1-2H3/q-1. The molecule has 0 bridgehead atoms. The second-order valence-electron chi connectivity index (χ2n) is 4.59. The Morgan fingerprint density at radius 3 is 2.53 bits per heavy atom. The highest BCUT2D eigenvalue weighted by molar-refractivity contribution is 6.58. The van der Waals surface area contributed by atoms with Crippen molar-refractivity contribution in [3.63, 3.8) is 0 Å². The van der Waals surface area contributed by atoms with E-state index in [1.165, 1.54) is 4.90 Å². The van der Waals surface area contributed by atoms with E-state index in [2.05, 4.69) is 0 Å². The minimum atomic E-state index is -4.81. The van der Waals surface area contributed by atoms with Crippen LogP contribution >= 0.6 is 0 Å². The Labute approximate surface area is 87.3 Å². The highest BCUT2D eigenvalue weighted by Crippen LogP contribution is 2.22. The molecule has 0 aromatic heterocycles. The molecule has 1 fully saturated rings. The fourth-order valence-corrected chi connectivity index (χ4v) is 1.94. The van der Waals surface area contributed by atoms with E-state index in [9.17, 15) is 12.9 Å². The molecule has 90 valence electrons. The van der Waals surface area contributed by atoms with E-state index in [-0.39, 0.29) is 19.7 Å². The molecule has 0 aromatic rings. The van der Waals surface area contributed by atoms with E-state index in [4.69, 9.17) is 9.84 Å². The first-order valence-electron chi connectivity index (χ1n) is 4.94. The highest BCUT2D eigenvalue weighted by Gasteiger charge is 2.36. The van der Waals surface area contributed by atoms with Gasteiger partial charge >= 0.3 is 6.98 Å². The second-order valence-corrected chi connectivity index (χ2v) is 4.59. The van der Waals surface area contributed by atoms with Crippen LogP contribution in [0.25, 0.3) is 0 Å². The lowest BCUT2D eigenvalue weighted by Gasteiger charge is -2.44. The Kier molecular flexibility index (Phi) is 3.68. The van der Waals surface area contributed by atoms with Gasteiger partial charge in [0.1, 0.15) is 0 Å². The molecule has 0 aromatic carbocycles. The average molecular weight is 226 g/mol. The third-order valence-electron chi connectivity index (χ3n) is 2.22. The van der Waals surface area contributed by atoms with E-state index >= 15 is 0 Å². The molecule has 1 aliphatic heterocycles. The predicted octanol–water partition coefficient (Wildman–Crippen LogP) is 0.845. The predicted molar refractivity (Wildman–Crippen MR) is 51.6 cm³/mol. The smallest absolute Gasteiger partial charge is 0.448 e. The molecule has 1 rings (SSSR count). The maximum atomic E-state index is 12.2. The van der Waals surface area contributed by atoms with E-state index in [0.717, 1.165) is 0 Å². The van der Waals surface area contributed by atoms with Gasteiger partial charge in [-0.05, 0) is 20.3 Å². The van der Waals surface area contributed by atoms with Crippen LogP contribution in [-0.2, 0) is 4.74 Å². The number of hydrogen-bond donors (Lipinski definition) is 1. The maximum Gasteiger partial charge on any atom is 0.492 e. The van der Waals surface area contributed by atoms with Gasteiger partial charge in [-0.1, -0.05) is 0 Å². The van der Waals surface area contributed by atoms with Gasteiger partial charge in [0.05, 0.1) is 18.3 Å². The maximum absolute atomic E-state index is 12.2. The lowest BCUT2D eigenvalue weighted by Crippen LogP contribution is -2.56. The summed E-state index contributed by atoms with van der Waals surface area (Å²) in [6, 6.07) is 0. The highest BCUT2D eigenvalue weighted by atomic mass is 19.4. The zero-order valence-electron chi connectivity index (χ0n) is 8.92. The number of aliphatic hydroxyl groups is 1. The monoisotopic (exact) mass is 226 g/mol. The van der Waals surface area contributed by atoms with E-state index in [0.29, 0.717) is 0 Å². The molecule has 0 amide bonds. The first-order chi connectivity index (χ1) is 6.72. The van der Waals surface area contributed by atoms with Crippen molar-refractivity contribution in [2.45, 2.75) is 25.6 Å². The van der Waals surface area contributed by atoms with Crippen LogP contribution in [0.4, 0.5) is 12.9 Å². The summed E-state index contributed by atoms with van der Waals surface area (Å²) in [6.07, 6.45) is -1.41. The topological polar surface area (TPSA) is 32.7 Å². The molecule has 1 N–H and O–H groups in total. The normalized spacial score (nSPS) is 28.0. The summed E-state index contributed by atoms with van der Waals surface area (Å²) in [5.74, 6) is 0. The molecular formula is C8H16BF3NO2-. The Morgan fingerprint density at radius 1 is 1.47 bits per heavy atom. The molecular weight excluding hydrogens is 210 g/mol. The third kappa shape index (κ3) is 4.40. The summed E-state index contributed by atoms with van der Waals surface area (Å²) < 4.78 is 42.1. The number of morpholine rings is 1. The summed E-state index contributed by atoms with van der Waals surface area (Å²) in [7, 11) is 0. The quantitative estimate of drug-likeness (QED) is 0.724. The fraction of sp³-hybridized carbons (Fsp3) is 1.00. The molecule has 1 aliphatic rings. The number of rotatable bonds is 3. The number of aliphatic hydroxyl groups excluding tert-OH is 1. The van der Waals surface area contributed by atoms with Crippen molar-refractivity contribution >= 4 is 6.98 Å². The SMILES string of the molecule is CC1(C)CN(C[B-](F)(F)F)CC(CO)O1. The molecule has 1 heterocycles. The van der Waals surface area contributed by atoms with Crippen molar-refractivity contribution in [1.82, 2.24) is 4.90 Å². The Hall–Kier alpha value is -0.265. The van der Waals surface area contributed by atoms with Crippen LogP contribution in [0.5, 0.6) is 0 Å². The van der Waals surface area contributed by atoms with E-state index < -0.39 is 25.1 Å². The minimum Gasteiger partial charge on any atom is -0.448 e. The summed E-state index contributed by atoms with van der Waals surface area (Å²) in [5.41, 5.74) is -0.632. The summed E-state index contributed by atoms with van der Waals surface area (Å²) in [5, 5.41) is 8.91.